The zero-order valence-electron chi connectivity index (χ0n) is 16.6. The Morgan fingerprint density at radius 2 is 1.53 bits per heavy atom. The molecule has 0 aromatic heterocycles. The molecule has 0 unspecified atom stereocenters. The van der Waals surface area contributed by atoms with E-state index in [0.717, 1.165) is 11.1 Å². The van der Waals surface area contributed by atoms with Crippen LogP contribution in [0.5, 0.6) is 17.2 Å². The van der Waals surface area contributed by atoms with Crippen LogP contribution in [0.25, 0.3) is 0 Å². The molecular formula is C24H26ClNO4. The maximum absolute atomic E-state index is 9.32. The fourth-order valence-electron chi connectivity index (χ4n) is 2.89. The van der Waals surface area contributed by atoms with Crippen LogP contribution in [0.3, 0.4) is 0 Å². The molecule has 5 nitrogen and oxygen atoms in total. The van der Waals surface area contributed by atoms with Crippen molar-refractivity contribution in [3.63, 3.8) is 0 Å². The fourth-order valence-corrected chi connectivity index (χ4v) is 3.16. The van der Waals surface area contributed by atoms with Crippen LogP contribution in [-0.4, -0.2) is 29.0 Å². The van der Waals surface area contributed by atoms with Gasteiger partial charge in [0.25, 0.3) is 0 Å². The minimum absolute atomic E-state index is 0.287. The second kappa shape index (κ2) is 10.5. The Balaban J connectivity index is 1.61. The Kier molecular flexibility index (Phi) is 7.71. The van der Waals surface area contributed by atoms with Gasteiger partial charge in [0.15, 0.2) is 0 Å². The third-order valence-electron chi connectivity index (χ3n) is 4.84. The van der Waals surface area contributed by atoms with E-state index < -0.39 is 5.54 Å². The molecule has 0 aliphatic rings. The molecule has 4 N–H and O–H groups in total. The molecule has 0 spiro atoms. The first kappa shape index (κ1) is 22.1. The Bertz CT molecular complexity index is 945. The topological polar surface area (TPSA) is 84.9 Å². The fraction of sp³-hybridized carbons (Fsp3) is 0.250. The highest BCUT2D eigenvalue weighted by Gasteiger charge is 2.23. The molecule has 0 fully saturated rings. The van der Waals surface area contributed by atoms with Gasteiger partial charge < -0.3 is 25.4 Å². The number of nitrogens with two attached hydrogens (primary N) is 1. The van der Waals surface area contributed by atoms with E-state index in [4.69, 9.17) is 26.8 Å². The Hall–Kier alpha value is -2.57. The lowest BCUT2D eigenvalue weighted by molar-refractivity contribution is 0.115. The summed E-state index contributed by atoms with van der Waals surface area (Å²) in [6.45, 7) is -0.0921. The number of hydrogen-bond acceptors (Lipinski definition) is 5. The lowest BCUT2D eigenvalue weighted by atomic mass is 9.94. The molecule has 158 valence electrons. The molecule has 0 bridgehead atoms. The third-order valence-corrected chi connectivity index (χ3v) is 5.19. The van der Waals surface area contributed by atoms with Crippen molar-refractivity contribution >= 4 is 11.6 Å². The predicted molar refractivity (Wildman–Crippen MR) is 118 cm³/mol. The molecule has 3 aromatic rings. The lowest BCUT2D eigenvalue weighted by Crippen LogP contribution is -2.47. The van der Waals surface area contributed by atoms with Crippen LogP contribution in [0, 0.1) is 0 Å². The largest absolute Gasteiger partial charge is 0.489 e. The van der Waals surface area contributed by atoms with Crippen LogP contribution in [0.1, 0.15) is 17.5 Å². The van der Waals surface area contributed by atoms with Crippen molar-refractivity contribution in [1.29, 1.82) is 0 Å². The van der Waals surface area contributed by atoms with Gasteiger partial charge in [0.2, 0.25) is 0 Å². The molecule has 6 heteroatoms. The molecule has 3 aromatic carbocycles. The minimum Gasteiger partial charge on any atom is -0.489 e. The highest BCUT2D eigenvalue weighted by molar-refractivity contribution is 6.31. The average molecular weight is 428 g/mol. The van der Waals surface area contributed by atoms with Crippen molar-refractivity contribution in [3.8, 4) is 17.2 Å². The van der Waals surface area contributed by atoms with Gasteiger partial charge in [-0.2, -0.15) is 0 Å². The van der Waals surface area contributed by atoms with Gasteiger partial charge in [0.1, 0.15) is 23.9 Å². The SMILES string of the molecule is NC(CO)(CO)CCc1ccc(Oc2cccc(OCc3ccccc3)c2)cc1Cl. The summed E-state index contributed by atoms with van der Waals surface area (Å²) in [7, 11) is 0. The number of aliphatic hydroxyl groups is 2. The van der Waals surface area contributed by atoms with E-state index in [1.165, 1.54) is 0 Å². The summed E-state index contributed by atoms with van der Waals surface area (Å²) in [5.41, 5.74) is 6.88. The normalized spacial score (nSPS) is 11.3. The van der Waals surface area contributed by atoms with Crippen LogP contribution in [0.15, 0.2) is 72.8 Å². The van der Waals surface area contributed by atoms with E-state index in [0.29, 0.717) is 41.7 Å². The molecule has 0 radical (unpaired) electrons. The zero-order valence-corrected chi connectivity index (χ0v) is 17.4. The molecule has 0 amide bonds. The number of halogens is 1. The molecule has 3 rings (SSSR count). The lowest BCUT2D eigenvalue weighted by Gasteiger charge is -2.24. The first-order chi connectivity index (χ1) is 14.5. The van der Waals surface area contributed by atoms with Crippen molar-refractivity contribution in [2.45, 2.75) is 25.0 Å². The van der Waals surface area contributed by atoms with Gasteiger partial charge in [-0.3, -0.25) is 0 Å². The molecule has 0 aliphatic carbocycles. The van der Waals surface area contributed by atoms with Crippen molar-refractivity contribution in [1.82, 2.24) is 0 Å². The van der Waals surface area contributed by atoms with Gasteiger partial charge in [-0.05, 0) is 48.2 Å². The average Bonchev–Trinajstić information content (AvgIpc) is 2.78. The highest BCUT2D eigenvalue weighted by Crippen LogP contribution is 2.30. The molecule has 0 aliphatic heterocycles. The van der Waals surface area contributed by atoms with Crippen LogP contribution in [0.4, 0.5) is 0 Å². The van der Waals surface area contributed by atoms with Crippen molar-refractivity contribution < 1.29 is 19.7 Å². The van der Waals surface area contributed by atoms with Crippen molar-refractivity contribution in [3.05, 3.63) is 88.9 Å². The van der Waals surface area contributed by atoms with Gasteiger partial charge in [-0.15, -0.1) is 0 Å². The van der Waals surface area contributed by atoms with E-state index in [1.54, 1.807) is 6.07 Å². The third kappa shape index (κ3) is 6.21. The zero-order chi connectivity index (χ0) is 21.4. The van der Waals surface area contributed by atoms with Crippen LogP contribution in [-0.2, 0) is 13.0 Å². The molecular weight excluding hydrogens is 402 g/mol. The van der Waals surface area contributed by atoms with Gasteiger partial charge in [-0.25, -0.2) is 0 Å². The first-order valence-electron chi connectivity index (χ1n) is 9.75. The predicted octanol–water partition coefficient (Wildman–Crippen LogP) is 4.33. The van der Waals surface area contributed by atoms with Crippen LogP contribution >= 0.6 is 11.6 Å². The maximum atomic E-state index is 9.32. The van der Waals surface area contributed by atoms with Gasteiger partial charge in [0, 0.05) is 11.1 Å². The number of benzene rings is 3. The van der Waals surface area contributed by atoms with E-state index in [9.17, 15) is 10.2 Å². The number of hydrogen-bond donors (Lipinski definition) is 3. The van der Waals surface area contributed by atoms with Crippen LogP contribution < -0.4 is 15.2 Å². The summed E-state index contributed by atoms with van der Waals surface area (Å²) in [4.78, 5) is 0. The van der Waals surface area contributed by atoms with E-state index in [-0.39, 0.29) is 13.2 Å². The summed E-state index contributed by atoms with van der Waals surface area (Å²) in [6, 6.07) is 22.8. The Morgan fingerprint density at radius 3 is 2.23 bits per heavy atom. The van der Waals surface area contributed by atoms with Crippen molar-refractivity contribution in [2.75, 3.05) is 13.2 Å². The summed E-state index contributed by atoms with van der Waals surface area (Å²) in [5, 5.41) is 19.2. The second-order valence-electron chi connectivity index (χ2n) is 7.28. The summed E-state index contributed by atoms with van der Waals surface area (Å²) in [6.07, 6.45) is 0.959. The maximum Gasteiger partial charge on any atom is 0.131 e. The first-order valence-corrected chi connectivity index (χ1v) is 10.1. The molecule has 30 heavy (non-hydrogen) atoms. The highest BCUT2D eigenvalue weighted by atomic mass is 35.5. The van der Waals surface area contributed by atoms with E-state index >= 15 is 0 Å². The summed E-state index contributed by atoms with van der Waals surface area (Å²) >= 11 is 6.39. The van der Waals surface area contributed by atoms with Crippen molar-refractivity contribution in [2.24, 2.45) is 5.73 Å². The quantitative estimate of drug-likeness (QED) is 0.448. The standard InChI is InChI=1S/C24H26ClNO4/c25-23-14-22(10-9-19(23)11-12-24(26,16-27)17-28)30-21-8-4-7-20(13-21)29-15-18-5-2-1-3-6-18/h1-10,13-14,27-28H,11-12,15-17,26H2. The van der Waals surface area contributed by atoms with Gasteiger partial charge in [0.05, 0.1) is 18.8 Å². The number of aryl methyl sites for hydroxylation is 1. The monoisotopic (exact) mass is 427 g/mol. The minimum atomic E-state index is -1.02. The number of ether oxygens (including phenoxy) is 2. The van der Waals surface area contributed by atoms with Crippen LogP contribution in [0.2, 0.25) is 5.02 Å². The molecule has 0 saturated heterocycles. The molecule has 0 heterocycles. The van der Waals surface area contributed by atoms with Gasteiger partial charge >= 0.3 is 0 Å². The number of rotatable bonds is 10. The number of aliphatic hydroxyl groups excluding tert-OH is 2. The van der Waals surface area contributed by atoms with E-state index in [1.807, 2.05) is 66.7 Å². The Morgan fingerprint density at radius 1 is 0.833 bits per heavy atom. The smallest absolute Gasteiger partial charge is 0.131 e. The summed E-state index contributed by atoms with van der Waals surface area (Å²) in [5.74, 6) is 1.96. The summed E-state index contributed by atoms with van der Waals surface area (Å²) < 4.78 is 11.8. The van der Waals surface area contributed by atoms with E-state index in [2.05, 4.69) is 0 Å². The molecule has 0 atom stereocenters. The van der Waals surface area contributed by atoms with Gasteiger partial charge in [-0.1, -0.05) is 54.1 Å². The Labute approximate surface area is 181 Å². The second-order valence-corrected chi connectivity index (χ2v) is 7.69. The molecule has 0 saturated carbocycles.